The summed E-state index contributed by atoms with van der Waals surface area (Å²) in [6.45, 7) is 0.0775. The molecule has 0 spiro atoms. The van der Waals surface area contributed by atoms with Gasteiger partial charge in [0.05, 0.1) is 23.4 Å². The van der Waals surface area contributed by atoms with E-state index in [1.54, 1.807) is 18.2 Å². The number of rotatable bonds is 3. The lowest BCUT2D eigenvalue weighted by molar-refractivity contribution is -0.385. The van der Waals surface area contributed by atoms with Crippen LogP contribution in [0.4, 0.5) is 5.69 Å². The Morgan fingerprint density at radius 1 is 1.44 bits per heavy atom. The van der Waals surface area contributed by atoms with Gasteiger partial charge in [-0.2, -0.15) is 4.98 Å². The molecule has 8 heteroatoms. The quantitative estimate of drug-likeness (QED) is 0.474. The van der Waals surface area contributed by atoms with Gasteiger partial charge in [0.25, 0.3) is 0 Å². The van der Waals surface area contributed by atoms with Crippen molar-refractivity contribution >= 4 is 17.3 Å². The minimum Gasteiger partial charge on any atom is -0.286 e. The molecule has 0 saturated carbocycles. The van der Waals surface area contributed by atoms with Crippen molar-refractivity contribution < 1.29 is 4.92 Å². The van der Waals surface area contributed by atoms with Crippen molar-refractivity contribution in [2.75, 3.05) is 0 Å². The fourth-order valence-electron chi connectivity index (χ4n) is 1.36. The first-order chi connectivity index (χ1) is 8.56. The number of hydrogen-bond donors (Lipinski definition) is 0. The first-order valence-electron chi connectivity index (χ1n) is 4.88. The molecule has 0 unspecified atom stereocenters. The van der Waals surface area contributed by atoms with Crippen molar-refractivity contribution in [2.24, 2.45) is 0 Å². The zero-order valence-corrected chi connectivity index (χ0v) is 9.74. The zero-order chi connectivity index (χ0) is 13.1. The van der Waals surface area contributed by atoms with E-state index in [-0.39, 0.29) is 12.2 Å². The van der Waals surface area contributed by atoms with Crippen molar-refractivity contribution in [3.8, 4) is 0 Å². The lowest BCUT2D eigenvalue weighted by Crippen LogP contribution is -2.23. The topological polar surface area (TPSA) is 90.9 Å². The highest BCUT2D eigenvalue weighted by Crippen LogP contribution is 2.08. The Hall–Kier alpha value is -2.28. The fraction of sp³-hybridized carbons (Fsp3) is 0.100. The van der Waals surface area contributed by atoms with E-state index in [1.165, 1.54) is 0 Å². The molecule has 0 fully saturated rings. The number of nitro groups is 1. The van der Waals surface area contributed by atoms with Crippen LogP contribution >= 0.6 is 11.6 Å². The van der Waals surface area contributed by atoms with Crippen LogP contribution in [-0.2, 0) is 6.54 Å². The van der Waals surface area contributed by atoms with Gasteiger partial charge in [0, 0.05) is 0 Å². The Balaban J connectivity index is 2.37. The summed E-state index contributed by atoms with van der Waals surface area (Å²) in [7, 11) is 0. The van der Waals surface area contributed by atoms with Crippen LogP contribution < -0.4 is 5.69 Å². The van der Waals surface area contributed by atoms with Crippen LogP contribution in [0.25, 0.3) is 0 Å². The van der Waals surface area contributed by atoms with Crippen LogP contribution in [-0.4, -0.2) is 19.5 Å². The molecule has 0 aromatic carbocycles. The minimum absolute atomic E-state index is 0.0775. The molecule has 0 atom stereocenters. The summed E-state index contributed by atoms with van der Waals surface area (Å²) in [5.41, 5.74) is -0.314. The van der Waals surface area contributed by atoms with Crippen molar-refractivity contribution in [1.29, 1.82) is 0 Å². The molecule has 0 aliphatic carbocycles. The third kappa shape index (κ3) is 2.69. The summed E-state index contributed by atoms with van der Waals surface area (Å²) in [4.78, 5) is 28.8. The Labute approximate surface area is 106 Å². The molecule has 2 heterocycles. The molecule has 0 N–H and O–H groups in total. The number of hydrogen-bond acceptors (Lipinski definition) is 5. The monoisotopic (exact) mass is 266 g/mol. The second-order valence-electron chi connectivity index (χ2n) is 3.43. The molecular weight excluding hydrogens is 260 g/mol. The molecule has 0 aliphatic heterocycles. The lowest BCUT2D eigenvalue weighted by atomic mass is 10.3. The first kappa shape index (κ1) is 12.2. The molecule has 0 bridgehead atoms. The Morgan fingerprint density at radius 3 is 2.89 bits per heavy atom. The van der Waals surface area contributed by atoms with Gasteiger partial charge in [-0.25, -0.2) is 9.78 Å². The normalized spacial score (nSPS) is 10.3. The molecule has 0 radical (unpaired) electrons. The van der Waals surface area contributed by atoms with Crippen molar-refractivity contribution in [3.05, 3.63) is 62.0 Å². The lowest BCUT2D eigenvalue weighted by Gasteiger charge is -2.04. The van der Waals surface area contributed by atoms with Crippen LogP contribution in [0.2, 0.25) is 5.15 Å². The molecule has 92 valence electrons. The smallest absolute Gasteiger partial charge is 0.286 e. The van der Waals surface area contributed by atoms with Gasteiger partial charge in [0.15, 0.2) is 0 Å². The van der Waals surface area contributed by atoms with Gasteiger partial charge < -0.3 is 0 Å². The van der Waals surface area contributed by atoms with E-state index in [1.807, 2.05) is 0 Å². The average molecular weight is 267 g/mol. The van der Waals surface area contributed by atoms with Gasteiger partial charge in [-0.3, -0.25) is 14.7 Å². The highest BCUT2D eigenvalue weighted by atomic mass is 35.5. The SMILES string of the molecule is O=c1ncc([N+](=O)[O-])cn1Cc1cccc(Cl)n1. The zero-order valence-electron chi connectivity index (χ0n) is 8.99. The predicted octanol–water partition coefficient (Wildman–Crippen LogP) is 1.25. The summed E-state index contributed by atoms with van der Waals surface area (Å²) < 4.78 is 1.11. The molecule has 0 amide bonds. The largest absolute Gasteiger partial charge is 0.348 e. The highest BCUT2D eigenvalue weighted by Gasteiger charge is 2.09. The summed E-state index contributed by atoms with van der Waals surface area (Å²) >= 11 is 5.71. The van der Waals surface area contributed by atoms with Crippen LogP contribution in [0, 0.1) is 10.1 Å². The molecule has 2 rings (SSSR count). The van der Waals surface area contributed by atoms with Gasteiger partial charge >= 0.3 is 11.4 Å². The van der Waals surface area contributed by atoms with Crippen LogP contribution in [0.3, 0.4) is 0 Å². The molecular formula is C10H7ClN4O3. The third-order valence-corrected chi connectivity index (χ3v) is 2.37. The summed E-state index contributed by atoms with van der Waals surface area (Å²) in [5, 5.41) is 10.9. The standard InChI is InChI=1S/C10H7ClN4O3/c11-9-3-1-2-7(13-9)5-14-6-8(15(17)18)4-12-10(14)16/h1-4,6H,5H2. The van der Waals surface area contributed by atoms with Crippen molar-refractivity contribution in [1.82, 2.24) is 14.5 Å². The fourth-order valence-corrected chi connectivity index (χ4v) is 1.55. The van der Waals surface area contributed by atoms with E-state index in [0.717, 1.165) is 17.0 Å². The highest BCUT2D eigenvalue weighted by molar-refractivity contribution is 6.29. The Kier molecular flexibility index (Phi) is 3.33. The van der Waals surface area contributed by atoms with Gasteiger partial charge in [0.1, 0.15) is 11.3 Å². The number of nitrogens with zero attached hydrogens (tertiary/aromatic N) is 4. The van der Waals surface area contributed by atoms with E-state index >= 15 is 0 Å². The van der Waals surface area contributed by atoms with Crippen molar-refractivity contribution in [2.45, 2.75) is 6.54 Å². The molecule has 2 aromatic rings. The summed E-state index contributed by atoms with van der Waals surface area (Å²) in [6.07, 6.45) is 2.04. The van der Waals surface area contributed by atoms with Crippen LogP contribution in [0.1, 0.15) is 5.69 Å². The second-order valence-corrected chi connectivity index (χ2v) is 3.82. The average Bonchev–Trinajstić information content (AvgIpc) is 2.31. The molecule has 0 saturated heterocycles. The van der Waals surface area contributed by atoms with Gasteiger partial charge in [-0.1, -0.05) is 17.7 Å². The maximum absolute atomic E-state index is 11.5. The summed E-state index contributed by atoms with van der Waals surface area (Å²) in [6, 6.07) is 4.94. The van der Waals surface area contributed by atoms with E-state index in [2.05, 4.69) is 9.97 Å². The van der Waals surface area contributed by atoms with E-state index in [4.69, 9.17) is 11.6 Å². The van der Waals surface area contributed by atoms with E-state index < -0.39 is 10.6 Å². The van der Waals surface area contributed by atoms with Crippen molar-refractivity contribution in [3.63, 3.8) is 0 Å². The Morgan fingerprint density at radius 2 is 2.22 bits per heavy atom. The van der Waals surface area contributed by atoms with Crippen LogP contribution in [0.5, 0.6) is 0 Å². The van der Waals surface area contributed by atoms with E-state index in [0.29, 0.717) is 10.8 Å². The second kappa shape index (κ2) is 4.92. The Bertz CT molecular complexity index is 656. The molecule has 18 heavy (non-hydrogen) atoms. The number of pyridine rings is 1. The van der Waals surface area contributed by atoms with E-state index in [9.17, 15) is 14.9 Å². The van der Waals surface area contributed by atoms with Crippen LogP contribution in [0.15, 0.2) is 35.4 Å². The molecule has 0 aliphatic rings. The number of aromatic nitrogens is 3. The maximum atomic E-state index is 11.5. The minimum atomic E-state index is -0.617. The summed E-state index contributed by atoms with van der Waals surface area (Å²) in [5.74, 6) is 0. The maximum Gasteiger partial charge on any atom is 0.348 e. The van der Waals surface area contributed by atoms with Gasteiger partial charge in [0.2, 0.25) is 0 Å². The van der Waals surface area contributed by atoms with Gasteiger partial charge in [-0.05, 0) is 12.1 Å². The first-order valence-corrected chi connectivity index (χ1v) is 5.26. The van der Waals surface area contributed by atoms with Gasteiger partial charge in [-0.15, -0.1) is 0 Å². The molecule has 7 nitrogen and oxygen atoms in total. The number of halogens is 1. The predicted molar refractivity (Wildman–Crippen MR) is 63.5 cm³/mol. The third-order valence-electron chi connectivity index (χ3n) is 2.16. The molecule has 2 aromatic heterocycles.